The van der Waals surface area contributed by atoms with Crippen LogP contribution in [-0.2, 0) is 20.9 Å². The lowest BCUT2D eigenvalue weighted by Gasteiger charge is -2.35. The van der Waals surface area contributed by atoms with Crippen LogP contribution in [0.4, 0.5) is 19.0 Å². The van der Waals surface area contributed by atoms with E-state index in [0.717, 1.165) is 22.5 Å². The highest BCUT2D eigenvalue weighted by Crippen LogP contribution is 2.35. The summed E-state index contributed by atoms with van der Waals surface area (Å²) in [5, 5.41) is 0. The molecule has 0 spiro atoms. The van der Waals surface area contributed by atoms with Crippen molar-refractivity contribution in [3.63, 3.8) is 0 Å². The van der Waals surface area contributed by atoms with Crippen molar-refractivity contribution in [3.05, 3.63) is 59.8 Å². The van der Waals surface area contributed by atoms with Crippen LogP contribution in [0.1, 0.15) is 23.0 Å². The van der Waals surface area contributed by atoms with Crippen LogP contribution < -0.4 is 4.90 Å². The number of piperazine rings is 1. The van der Waals surface area contributed by atoms with Crippen LogP contribution in [0.15, 0.2) is 53.4 Å². The first-order chi connectivity index (χ1) is 16.1. The van der Waals surface area contributed by atoms with Crippen molar-refractivity contribution in [1.82, 2.24) is 14.3 Å². The molecular formula is C22H21F3N4O4S. The zero-order chi connectivity index (χ0) is 24.5. The molecule has 1 aliphatic rings. The van der Waals surface area contributed by atoms with Gasteiger partial charge in [0, 0.05) is 26.2 Å². The SMILES string of the molecule is CCOC(=O)c1nc2ccccc2nc1N1CCN(S(=O)(=O)c2ccccc2C(F)(F)F)CC1. The third-order valence-electron chi connectivity index (χ3n) is 5.37. The molecule has 1 aromatic heterocycles. The number of rotatable bonds is 5. The molecule has 0 N–H and O–H groups in total. The van der Waals surface area contributed by atoms with Gasteiger partial charge in [-0.2, -0.15) is 17.5 Å². The van der Waals surface area contributed by atoms with Gasteiger partial charge in [0.05, 0.1) is 28.1 Å². The Labute approximate surface area is 194 Å². The summed E-state index contributed by atoms with van der Waals surface area (Å²) in [4.78, 5) is 22.4. The van der Waals surface area contributed by atoms with Crippen LogP contribution in [0.25, 0.3) is 11.0 Å². The Morgan fingerprint density at radius 1 is 0.971 bits per heavy atom. The second kappa shape index (κ2) is 9.18. The number of alkyl halides is 3. The summed E-state index contributed by atoms with van der Waals surface area (Å²) < 4.78 is 72.4. The minimum absolute atomic E-state index is 0.000672. The summed E-state index contributed by atoms with van der Waals surface area (Å²) in [6.07, 6.45) is -4.80. The van der Waals surface area contributed by atoms with E-state index in [1.165, 1.54) is 6.07 Å². The van der Waals surface area contributed by atoms with E-state index < -0.39 is 32.6 Å². The molecule has 0 radical (unpaired) electrons. The van der Waals surface area contributed by atoms with Crippen molar-refractivity contribution in [1.29, 1.82) is 0 Å². The molecule has 2 aromatic carbocycles. The second-order valence-corrected chi connectivity index (χ2v) is 9.40. The molecule has 1 fully saturated rings. The monoisotopic (exact) mass is 494 g/mol. The Morgan fingerprint density at radius 3 is 2.18 bits per heavy atom. The Hall–Kier alpha value is -3.25. The molecule has 0 unspecified atom stereocenters. The number of anilines is 1. The number of halogens is 3. The van der Waals surface area contributed by atoms with E-state index in [9.17, 15) is 26.4 Å². The van der Waals surface area contributed by atoms with Crippen molar-refractivity contribution in [2.75, 3.05) is 37.7 Å². The first-order valence-electron chi connectivity index (χ1n) is 10.5. The fraction of sp³-hybridized carbons (Fsp3) is 0.318. The van der Waals surface area contributed by atoms with E-state index in [-0.39, 0.29) is 44.3 Å². The van der Waals surface area contributed by atoms with Crippen LogP contribution in [0.5, 0.6) is 0 Å². The first kappa shape index (κ1) is 23.9. The van der Waals surface area contributed by atoms with E-state index in [0.29, 0.717) is 11.0 Å². The summed E-state index contributed by atoms with van der Waals surface area (Å²) in [6, 6.07) is 11.1. The number of hydrogen-bond donors (Lipinski definition) is 0. The van der Waals surface area contributed by atoms with Crippen molar-refractivity contribution in [3.8, 4) is 0 Å². The second-order valence-electron chi connectivity index (χ2n) is 7.49. The van der Waals surface area contributed by atoms with Gasteiger partial charge in [0.2, 0.25) is 10.0 Å². The molecule has 34 heavy (non-hydrogen) atoms. The van der Waals surface area contributed by atoms with Gasteiger partial charge in [0.1, 0.15) is 0 Å². The minimum Gasteiger partial charge on any atom is -0.461 e. The van der Waals surface area contributed by atoms with Crippen molar-refractivity contribution in [2.24, 2.45) is 0 Å². The van der Waals surface area contributed by atoms with Crippen LogP contribution >= 0.6 is 0 Å². The highest BCUT2D eigenvalue weighted by Gasteiger charge is 2.40. The highest BCUT2D eigenvalue weighted by atomic mass is 32.2. The number of nitrogens with zero attached hydrogens (tertiary/aromatic N) is 4. The molecule has 0 saturated carbocycles. The summed E-state index contributed by atoms with van der Waals surface area (Å²) in [5.74, 6) is -0.421. The van der Waals surface area contributed by atoms with Gasteiger partial charge >= 0.3 is 12.1 Å². The third-order valence-corrected chi connectivity index (χ3v) is 7.33. The number of fused-ring (bicyclic) bond motifs is 1. The molecule has 1 saturated heterocycles. The number of para-hydroxylation sites is 2. The predicted molar refractivity (Wildman–Crippen MR) is 118 cm³/mol. The average molecular weight is 494 g/mol. The van der Waals surface area contributed by atoms with Gasteiger partial charge in [-0.25, -0.2) is 23.2 Å². The molecule has 8 nitrogen and oxygen atoms in total. The van der Waals surface area contributed by atoms with Gasteiger partial charge in [-0.05, 0) is 31.2 Å². The van der Waals surface area contributed by atoms with Crippen LogP contribution in [0, 0.1) is 0 Å². The third kappa shape index (κ3) is 4.55. The lowest BCUT2D eigenvalue weighted by molar-refractivity contribution is -0.139. The maximum Gasteiger partial charge on any atom is 0.417 e. The summed E-state index contributed by atoms with van der Waals surface area (Å²) >= 11 is 0. The van der Waals surface area contributed by atoms with Gasteiger partial charge in [0.15, 0.2) is 11.5 Å². The molecule has 3 aromatic rings. The molecule has 12 heteroatoms. The van der Waals surface area contributed by atoms with E-state index >= 15 is 0 Å². The smallest absolute Gasteiger partial charge is 0.417 e. The summed E-state index contributed by atoms with van der Waals surface area (Å²) in [5.41, 5.74) is -0.166. The Bertz CT molecular complexity index is 1320. The molecule has 0 bridgehead atoms. The van der Waals surface area contributed by atoms with E-state index in [4.69, 9.17) is 4.74 Å². The summed E-state index contributed by atoms with van der Waals surface area (Å²) in [7, 11) is -4.39. The normalized spacial score (nSPS) is 15.5. The molecule has 1 aliphatic heterocycles. The number of carbonyl (C=O) groups is 1. The van der Waals surface area contributed by atoms with Crippen LogP contribution in [0.3, 0.4) is 0 Å². The zero-order valence-corrected chi connectivity index (χ0v) is 18.9. The van der Waals surface area contributed by atoms with Gasteiger partial charge in [-0.15, -0.1) is 0 Å². The lowest BCUT2D eigenvalue weighted by atomic mass is 10.2. The van der Waals surface area contributed by atoms with Gasteiger partial charge in [-0.3, -0.25) is 0 Å². The number of carbonyl (C=O) groups excluding carboxylic acids is 1. The molecule has 0 amide bonds. The molecule has 2 heterocycles. The first-order valence-corrected chi connectivity index (χ1v) is 11.9. The standard InChI is InChI=1S/C22H21F3N4O4S/c1-2-33-21(30)19-20(27-17-9-5-4-8-16(17)26-19)28-11-13-29(14-12-28)34(31,32)18-10-6-3-7-15(18)22(23,24)25/h3-10H,2,11-14H2,1H3. The number of esters is 1. The van der Waals surface area contributed by atoms with Crippen molar-refractivity contribution in [2.45, 2.75) is 18.0 Å². The highest BCUT2D eigenvalue weighted by molar-refractivity contribution is 7.89. The Morgan fingerprint density at radius 2 is 1.56 bits per heavy atom. The number of aromatic nitrogens is 2. The molecule has 180 valence electrons. The van der Waals surface area contributed by atoms with Crippen molar-refractivity contribution >= 4 is 32.8 Å². The molecular weight excluding hydrogens is 473 g/mol. The van der Waals surface area contributed by atoms with Crippen molar-refractivity contribution < 1.29 is 31.1 Å². The quantitative estimate of drug-likeness (QED) is 0.503. The maximum absolute atomic E-state index is 13.4. The minimum atomic E-state index is -4.80. The number of sulfonamides is 1. The predicted octanol–water partition coefficient (Wildman–Crippen LogP) is 3.34. The fourth-order valence-corrected chi connectivity index (χ4v) is 5.39. The largest absolute Gasteiger partial charge is 0.461 e. The lowest BCUT2D eigenvalue weighted by Crippen LogP contribution is -2.49. The molecule has 4 rings (SSSR count). The Kier molecular flexibility index (Phi) is 6.45. The maximum atomic E-state index is 13.4. The van der Waals surface area contributed by atoms with E-state index in [1.807, 2.05) is 0 Å². The average Bonchev–Trinajstić information content (AvgIpc) is 2.83. The van der Waals surface area contributed by atoms with E-state index in [1.54, 1.807) is 36.1 Å². The van der Waals surface area contributed by atoms with Crippen LogP contribution in [0.2, 0.25) is 0 Å². The topological polar surface area (TPSA) is 92.7 Å². The number of ether oxygens (including phenoxy) is 1. The van der Waals surface area contributed by atoms with Gasteiger partial charge in [-0.1, -0.05) is 24.3 Å². The molecule has 0 aliphatic carbocycles. The summed E-state index contributed by atoms with van der Waals surface area (Å²) in [6.45, 7) is 1.82. The Balaban J connectivity index is 1.62. The fourth-order valence-electron chi connectivity index (χ4n) is 3.75. The van der Waals surface area contributed by atoms with Gasteiger partial charge < -0.3 is 9.64 Å². The zero-order valence-electron chi connectivity index (χ0n) is 18.1. The van der Waals surface area contributed by atoms with Crippen LogP contribution in [-0.4, -0.2) is 61.4 Å². The van der Waals surface area contributed by atoms with Gasteiger partial charge in [0.25, 0.3) is 0 Å². The number of hydrogen-bond acceptors (Lipinski definition) is 7. The van der Waals surface area contributed by atoms with E-state index in [2.05, 4.69) is 9.97 Å². The number of benzene rings is 2. The molecule has 0 atom stereocenters.